The lowest BCUT2D eigenvalue weighted by molar-refractivity contribution is -0.160. The Hall–Kier alpha value is -1.03. The van der Waals surface area contributed by atoms with Crippen molar-refractivity contribution in [2.45, 2.75) is 32.5 Å². The molecule has 1 spiro atoms. The number of esters is 1. The number of carbonyl (C=O) groups excluding carboxylic acids is 1. The molecule has 0 N–H and O–H groups in total. The molecule has 4 nitrogen and oxygen atoms in total. The molecular weight excluding hydrogens is 208 g/mol. The summed E-state index contributed by atoms with van der Waals surface area (Å²) in [5.41, 5.74) is 0.168. The van der Waals surface area contributed by atoms with Gasteiger partial charge in [0.2, 0.25) is 12.0 Å². The van der Waals surface area contributed by atoms with E-state index in [-0.39, 0.29) is 17.7 Å². The van der Waals surface area contributed by atoms with E-state index < -0.39 is 0 Å². The highest BCUT2D eigenvalue weighted by atomic mass is 16.7. The minimum atomic E-state index is -0.359. The molecule has 1 aliphatic carbocycles. The Balaban J connectivity index is 1.83. The molecule has 1 saturated carbocycles. The predicted molar refractivity (Wildman–Crippen MR) is 55.3 cm³/mol. The van der Waals surface area contributed by atoms with Gasteiger partial charge in [0.25, 0.3) is 0 Å². The Labute approximate surface area is 94.5 Å². The highest BCUT2D eigenvalue weighted by Crippen LogP contribution is 2.60. The van der Waals surface area contributed by atoms with Crippen LogP contribution in [0.25, 0.3) is 0 Å². The Morgan fingerprint density at radius 3 is 3.12 bits per heavy atom. The molecule has 0 aromatic carbocycles. The molecule has 2 fully saturated rings. The van der Waals surface area contributed by atoms with Crippen molar-refractivity contribution in [3.05, 3.63) is 11.8 Å². The number of carbonyl (C=O) groups is 1. The fourth-order valence-electron chi connectivity index (χ4n) is 2.73. The number of hydrogen-bond acceptors (Lipinski definition) is 4. The second kappa shape index (κ2) is 3.48. The van der Waals surface area contributed by atoms with Crippen LogP contribution in [0.5, 0.6) is 0 Å². The maximum Gasteiger partial charge on any atom is 0.373 e. The highest BCUT2D eigenvalue weighted by molar-refractivity contribution is 5.86. The quantitative estimate of drug-likeness (QED) is 0.668. The minimum Gasteiger partial charge on any atom is -0.460 e. The van der Waals surface area contributed by atoms with Gasteiger partial charge in [-0.3, -0.25) is 0 Å². The molecule has 0 aromatic heterocycles. The van der Waals surface area contributed by atoms with Crippen LogP contribution < -0.4 is 0 Å². The average Bonchev–Trinajstić information content (AvgIpc) is 2.86. The van der Waals surface area contributed by atoms with Gasteiger partial charge >= 0.3 is 5.97 Å². The van der Waals surface area contributed by atoms with Crippen LogP contribution in [-0.4, -0.2) is 25.5 Å². The van der Waals surface area contributed by atoms with Crippen molar-refractivity contribution in [3.63, 3.8) is 0 Å². The maximum absolute atomic E-state index is 11.6. The monoisotopic (exact) mass is 224 g/mol. The summed E-state index contributed by atoms with van der Waals surface area (Å²) in [6.07, 6.45) is 5.07. The van der Waals surface area contributed by atoms with Crippen LogP contribution in [0, 0.1) is 11.3 Å². The predicted octanol–water partition coefficient (Wildman–Crippen LogP) is 1.61. The molecule has 3 aliphatic rings. The molecule has 3 rings (SSSR count). The van der Waals surface area contributed by atoms with Crippen molar-refractivity contribution < 1.29 is 19.0 Å². The molecule has 1 saturated heterocycles. The van der Waals surface area contributed by atoms with Crippen LogP contribution in [0.15, 0.2) is 11.8 Å². The standard InChI is InChI=1S/C12H16O4/c1-2-14-10(13)9-7-12(4-5-12)8-3-6-15-11(8)16-9/h7-8,11H,2-6H2,1H3. The first-order valence-electron chi connectivity index (χ1n) is 5.93. The number of ether oxygens (including phenoxy) is 3. The fraction of sp³-hybridized carbons (Fsp3) is 0.750. The summed E-state index contributed by atoms with van der Waals surface area (Å²) in [4.78, 5) is 11.6. The van der Waals surface area contributed by atoms with Gasteiger partial charge in [0, 0.05) is 11.3 Å². The molecule has 2 heterocycles. The third kappa shape index (κ3) is 1.44. The van der Waals surface area contributed by atoms with Crippen LogP contribution in [0.2, 0.25) is 0 Å². The minimum absolute atomic E-state index is 0.168. The third-order valence-electron chi connectivity index (χ3n) is 3.74. The molecule has 2 aliphatic heterocycles. The van der Waals surface area contributed by atoms with E-state index >= 15 is 0 Å². The molecular formula is C12H16O4. The lowest BCUT2D eigenvalue weighted by Gasteiger charge is -2.31. The summed E-state index contributed by atoms with van der Waals surface area (Å²) in [7, 11) is 0. The van der Waals surface area contributed by atoms with Gasteiger partial charge in [0.1, 0.15) is 0 Å². The van der Waals surface area contributed by atoms with Gasteiger partial charge in [0.15, 0.2) is 0 Å². The Bertz CT molecular complexity index is 343. The van der Waals surface area contributed by atoms with Gasteiger partial charge < -0.3 is 14.2 Å². The summed E-state index contributed by atoms with van der Waals surface area (Å²) in [5, 5.41) is 0. The summed E-state index contributed by atoms with van der Waals surface area (Å²) >= 11 is 0. The first-order valence-corrected chi connectivity index (χ1v) is 5.93. The Morgan fingerprint density at radius 2 is 2.44 bits per heavy atom. The Kier molecular flexibility index (Phi) is 2.21. The zero-order valence-corrected chi connectivity index (χ0v) is 9.40. The largest absolute Gasteiger partial charge is 0.460 e. The molecule has 0 amide bonds. The van der Waals surface area contributed by atoms with Crippen LogP contribution in [0.1, 0.15) is 26.2 Å². The maximum atomic E-state index is 11.6. The smallest absolute Gasteiger partial charge is 0.373 e. The van der Waals surface area contributed by atoms with E-state index in [9.17, 15) is 4.79 Å². The van der Waals surface area contributed by atoms with E-state index in [0.717, 1.165) is 25.9 Å². The lowest BCUT2D eigenvalue weighted by Crippen LogP contribution is -2.33. The van der Waals surface area contributed by atoms with Crippen molar-refractivity contribution in [1.82, 2.24) is 0 Å². The fourth-order valence-corrected chi connectivity index (χ4v) is 2.73. The van der Waals surface area contributed by atoms with E-state index in [1.165, 1.54) is 0 Å². The van der Waals surface area contributed by atoms with Crippen LogP contribution >= 0.6 is 0 Å². The molecule has 2 atom stereocenters. The number of hydrogen-bond donors (Lipinski definition) is 0. The zero-order chi connectivity index (χ0) is 11.2. The first kappa shape index (κ1) is 10.1. The van der Waals surface area contributed by atoms with E-state index in [1.807, 2.05) is 6.08 Å². The second-order valence-electron chi connectivity index (χ2n) is 4.71. The lowest BCUT2D eigenvalue weighted by atomic mass is 9.85. The van der Waals surface area contributed by atoms with Gasteiger partial charge in [-0.25, -0.2) is 4.79 Å². The summed E-state index contributed by atoms with van der Waals surface area (Å²) in [6.45, 7) is 2.91. The summed E-state index contributed by atoms with van der Waals surface area (Å²) in [6, 6.07) is 0. The first-order chi connectivity index (χ1) is 7.75. The van der Waals surface area contributed by atoms with Crippen molar-refractivity contribution in [3.8, 4) is 0 Å². The van der Waals surface area contributed by atoms with E-state index in [0.29, 0.717) is 18.3 Å². The third-order valence-corrected chi connectivity index (χ3v) is 3.74. The zero-order valence-electron chi connectivity index (χ0n) is 9.40. The van der Waals surface area contributed by atoms with Crippen molar-refractivity contribution in [1.29, 1.82) is 0 Å². The van der Waals surface area contributed by atoms with Crippen LogP contribution in [0.3, 0.4) is 0 Å². The topological polar surface area (TPSA) is 44.8 Å². The average molecular weight is 224 g/mol. The number of rotatable bonds is 2. The van der Waals surface area contributed by atoms with Gasteiger partial charge in [-0.1, -0.05) is 0 Å². The van der Waals surface area contributed by atoms with Crippen molar-refractivity contribution in [2.24, 2.45) is 11.3 Å². The van der Waals surface area contributed by atoms with Gasteiger partial charge in [-0.15, -0.1) is 0 Å². The van der Waals surface area contributed by atoms with Crippen molar-refractivity contribution in [2.75, 3.05) is 13.2 Å². The van der Waals surface area contributed by atoms with Gasteiger partial charge in [-0.2, -0.15) is 0 Å². The number of fused-ring (bicyclic) bond motifs is 2. The van der Waals surface area contributed by atoms with E-state index in [1.54, 1.807) is 6.92 Å². The van der Waals surface area contributed by atoms with Crippen molar-refractivity contribution >= 4 is 5.97 Å². The normalized spacial score (nSPS) is 33.9. The molecule has 4 heteroatoms. The SMILES string of the molecule is CCOC(=O)C1=CC2(CC2)C2CCOC2O1. The molecule has 0 radical (unpaired) electrons. The molecule has 16 heavy (non-hydrogen) atoms. The van der Waals surface area contributed by atoms with Gasteiger partial charge in [-0.05, 0) is 32.3 Å². The Morgan fingerprint density at radius 1 is 1.62 bits per heavy atom. The second-order valence-corrected chi connectivity index (χ2v) is 4.71. The molecule has 88 valence electrons. The van der Waals surface area contributed by atoms with Crippen LogP contribution in [-0.2, 0) is 19.0 Å². The summed E-state index contributed by atoms with van der Waals surface area (Å²) in [5.74, 6) is 0.427. The van der Waals surface area contributed by atoms with E-state index in [2.05, 4.69) is 0 Å². The highest BCUT2D eigenvalue weighted by Gasteiger charge is 2.57. The van der Waals surface area contributed by atoms with Crippen LogP contribution in [0.4, 0.5) is 0 Å². The van der Waals surface area contributed by atoms with E-state index in [4.69, 9.17) is 14.2 Å². The number of allylic oxidation sites excluding steroid dienone is 1. The molecule has 2 unspecified atom stereocenters. The molecule has 0 aromatic rings. The molecule has 0 bridgehead atoms. The summed E-state index contributed by atoms with van der Waals surface area (Å²) < 4.78 is 16.0. The van der Waals surface area contributed by atoms with Gasteiger partial charge in [0.05, 0.1) is 13.2 Å².